The van der Waals surface area contributed by atoms with Crippen LogP contribution in [-0.2, 0) is 16.0 Å². The average Bonchev–Trinajstić information content (AvgIpc) is 2.68. The summed E-state index contributed by atoms with van der Waals surface area (Å²) in [5, 5.41) is 0. The Hall–Kier alpha value is -1.57. The van der Waals surface area contributed by atoms with Gasteiger partial charge < -0.3 is 4.74 Å². The molecule has 1 aliphatic carbocycles. The highest BCUT2D eigenvalue weighted by Crippen LogP contribution is 2.32. The summed E-state index contributed by atoms with van der Waals surface area (Å²) >= 11 is 0. The Balaban J connectivity index is 1.76. The van der Waals surface area contributed by atoms with E-state index in [0.29, 0.717) is 12.5 Å². The zero-order chi connectivity index (χ0) is 18.6. The Morgan fingerprint density at radius 1 is 1.00 bits per heavy atom. The van der Waals surface area contributed by atoms with Crippen LogP contribution in [0.5, 0.6) is 0 Å². The van der Waals surface area contributed by atoms with Gasteiger partial charge in [-0.2, -0.15) is 0 Å². The van der Waals surface area contributed by atoms with Gasteiger partial charge in [0, 0.05) is 5.57 Å². The van der Waals surface area contributed by atoms with Crippen LogP contribution in [0.1, 0.15) is 95.1 Å². The number of carbonyl (C=O) groups is 1. The number of allylic oxidation sites excluding steroid dienone is 1. The summed E-state index contributed by atoms with van der Waals surface area (Å²) in [6.45, 7) is 5.00. The number of rotatable bonds is 11. The lowest BCUT2D eigenvalue weighted by Gasteiger charge is -2.22. The standard InChI is InChI=1S/C24H36O2/c1-3-5-7-9-19-26-24(25)23-17-15-22(16-18-23)21-13-11-20(12-14-21)10-8-6-4-2/h11-14,17,22H,3-10,15-16,18-19H2,1-2H3. The molecule has 1 aromatic rings. The summed E-state index contributed by atoms with van der Waals surface area (Å²) < 4.78 is 5.42. The maximum Gasteiger partial charge on any atom is 0.333 e. The fourth-order valence-corrected chi connectivity index (χ4v) is 3.64. The Kier molecular flexibility index (Phi) is 9.52. The predicted molar refractivity (Wildman–Crippen MR) is 109 cm³/mol. The molecular formula is C24H36O2. The molecule has 2 rings (SSSR count). The number of esters is 1. The van der Waals surface area contributed by atoms with Crippen molar-refractivity contribution < 1.29 is 9.53 Å². The second-order valence-corrected chi connectivity index (χ2v) is 7.60. The van der Waals surface area contributed by atoms with Crippen molar-refractivity contribution in [1.29, 1.82) is 0 Å². The van der Waals surface area contributed by atoms with Crippen molar-refractivity contribution in [2.75, 3.05) is 6.61 Å². The smallest absolute Gasteiger partial charge is 0.333 e. The quantitative estimate of drug-likeness (QED) is 0.324. The van der Waals surface area contributed by atoms with Crippen LogP contribution in [0.3, 0.4) is 0 Å². The number of hydrogen-bond donors (Lipinski definition) is 0. The summed E-state index contributed by atoms with van der Waals surface area (Å²) in [5.41, 5.74) is 3.74. The maximum absolute atomic E-state index is 12.2. The molecule has 0 amide bonds. The van der Waals surface area contributed by atoms with Gasteiger partial charge in [0.2, 0.25) is 0 Å². The molecule has 0 spiro atoms. The van der Waals surface area contributed by atoms with Gasteiger partial charge in [-0.25, -0.2) is 4.79 Å². The molecular weight excluding hydrogens is 320 g/mol. The van der Waals surface area contributed by atoms with Crippen LogP contribution in [0.15, 0.2) is 35.9 Å². The molecule has 2 nitrogen and oxygen atoms in total. The number of ether oxygens (including phenoxy) is 1. The van der Waals surface area contributed by atoms with Gasteiger partial charge in [0.1, 0.15) is 0 Å². The lowest BCUT2D eigenvalue weighted by molar-refractivity contribution is -0.139. The van der Waals surface area contributed by atoms with Crippen molar-refractivity contribution >= 4 is 5.97 Å². The Labute approximate surface area is 160 Å². The van der Waals surface area contributed by atoms with Crippen molar-refractivity contribution in [3.05, 3.63) is 47.0 Å². The van der Waals surface area contributed by atoms with Crippen molar-refractivity contribution in [2.24, 2.45) is 0 Å². The van der Waals surface area contributed by atoms with E-state index in [1.165, 1.54) is 49.7 Å². The van der Waals surface area contributed by atoms with Crippen LogP contribution in [0.2, 0.25) is 0 Å². The molecule has 1 atom stereocenters. The average molecular weight is 357 g/mol. The van der Waals surface area contributed by atoms with Crippen molar-refractivity contribution in [3.8, 4) is 0 Å². The molecule has 0 radical (unpaired) electrons. The molecule has 0 saturated heterocycles. The van der Waals surface area contributed by atoms with E-state index >= 15 is 0 Å². The summed E-state index contributed by atoms with van der Waals surface area (Å²) in [5.74, 6) is 0.451. The van der Waals surface area contributed by atoms with Gasteiger partial charge in [-0.3, -0.25) is 0 Å². The van der Waals surface area contributed by atoms with Gasteiger partial charge >= 0.3 is 5.97 Å². The first-order valence-corrected chi connectivity index (χ1v) is 10.7. The lowest BCUT2D eigenvalue weighted by atomic mass is 9.84. The molecule has 0 heterocycles. The molecule has 26 heavy (non-hydrogen) atoms. The van der Waals surface area contributed by atoms with Crippen LogP contribution < -0.4 is 0 Å². The molecule has 2 heteroatoms. The second-order valence-electron chi connectivity index (χ2n) is 7.60. The Morgan fingerprint density at radius 3 is 2.38 bits per heavy atom. The van der Waals surface area contributed by atoms with Gasteiger partial charge in [-0.15, -0.1) is 0 Å². The monoisotopic (exact) mass is 356 g/mol. The van der Waals surface area contributed by atoms with Gasteiger partial charge in [0.15, 0.2) is 0 Å². The Bertz CT molecular complexity index is 556. The highest BCUT2D eigenvalue weighted by atomic mass is 16.5. The second kappa shape index (κ2) is 11.9. The van der Waals surface area contributed by atoms with E-state index in [9.17, 15) is 4.79 Å². The minimum atomic E-state index is -0.0915. The summed E-state index contributed by atoms with van der Waals surface area (Å²) in [6, 6.07) is 9.15. The summed E-state index contributed by atoms with van der Waals surface area (Å²) in [7, 11) is 0. The van der Waals surface area contributed by atoms with E-state index in [1.54, 1.807) is 0 Å². The molecule has 144 valence electrons. The first kappa shape index (κ1) is 20.7. The van der Waals surface area contributed by atoms with Crippen LogP contribution in [-0.4, -0.2) is 12.6 Å². The van der Waals surface area contributed by atoms with Crippen LogP contribution in [0.4, 0.5) is 0 Å². The number of carbonyl (C=O) groups excluding carboxylic acids is 1. The minimum absolute atomic E-state index is 0.0915. The predicted octanol–water partition coefficient (Wildman–Crippen LogP) is 6.74. The van der Waals surface area contributed by atoms with Gasteiger partial charge in [0.25, 0.3) is 0 Å². The van der Waals surface area contributed by atoms with Gasteiger partial charge in [0.05, 0.1) is 6.61 Å². The fraction of sp³-hybridized carbons (Fsp3) is 0.625. The molecule has 0 fully saturated rings. The van der Waals surface area contributed by atoms with E-state index in [1.807, 2.05) is 0 Å². The number of unbranched alkanes of at least 4 members (excludes halogenated alkanes) is 5. The number of benzene rings is 1. The van der Waals surface area contributed by atoms with Crippen LogP contribution >= 0.6 is 0 Å². The zero-order valence-electron chi connectivity index (χ0n) is 16.8. The van der Waals surface area contributed by atoms with Gasteiger partial charge in [-0.05, 0) is 55.6 Å². The van der Waals surface area contributed by atoms with Gasteiger partial charge in [-0.1, -0.05) is 76.3 Å². The third-order valence-electron chi connectivity index (χ3n) is 5.42. The third kappa shape index (κ3) is 6.97. The maximum atomic E-state index is 12.2. The molecule has 0 aliphatic heterocycles. The molecule has 1 aliphatic rings. The zero-order valence-corrected chi connectivity index (χ0v) is 16.8. The highest BCUT2D eigenvalue weighted by molar-refractivity contribution is 5.88. The first-order chi connectivity index (χ1) is 12.7. The topological polar surface area (TPSA) is 26.3 Å². The molecule has 0 bridgehead atoms. The molecule has 1 aromatic carbocycles. The minimum Gasteiger partial charge on any atom is -0.462 e. The molecule has 0 N–H and O–H groups in total. The largest absolute Gasteiger partial charge is 0.462 e. The molecule has 0 aromatic heterocycles. The van der Waals surface area contributed by atoms with E-state index in [2.05, 4.69) is 44.2 Å². The van der Waals surface area contributed by atoms with Crippen LogP contribution in [0, 0.1) is 0 Å². The lowest BCUT2D eigenvalue weighted by Crippen LogP contribution is -2.14. The summed E-state index contributed by atoms with van der Waals surface area (Å²) in [4.78, 5) is 12.2. The van der Waals surface area contributed by atoms with E-state index in [4.69, 9.17) is 4.74 Å². The van der Waals surface area contributed by atoms with E-state index in [0.717, 1.165) is 37.7 Å². The SMILES string of the molecule is CCCCCCOC(=O)C1=CCC(c2ccc(CCCCC)cc2)CC1. The fourth-order valence-electron chi connectivity index (χ4n) is 3.64. The van der Waals surface area contributed by atoms with Crippen molar-refractivity contribution in [3.63, 3.8) is 0 Å². The van der Waals surface area contributed by atoms with Crippen molar-refractivity contribution in [2.45, 2.75) is 90.4 Å². The first-order valence-electron chi connectivity index (χ1n) is 10.7. The molecule has 1 unspecified atom stereocenters. The van der Waals surface area contributed by atoms with E-state index in [-0.39, 0.29) is 5.97 Å². The summed E-state index contributed by atoms with van der Waals surface area (Å²) in [6.07, 6.45) is 14.6. The molecule has 0 saturated carbocycles. The normalized spacial score (nSPS) is 17.0. The highest BCUT2D eigenvalue weighted by Gasteiger charge is 2.20. The van der Waals surface area contributed by atoms with Crippen LogP contribution in [0.25, 0.3) is 0 Å². The van der Waals surface area contributed by atoms with E-state index < -0.39 is 0 Å². The Morgan fingerprint density at radius 2 is 1.73 bits per heavy atom. The third-order valence-corrected chi connectivity index (χ3v) is 5.42. The number of hydrogen-bond acceptors (Lipinski definition) is 2. The number of aryl methyl sites for hydroxylation is 1. The van der Waals surface area contributed by atoms with Crippen molar-refractivity contribution in [1.82, 2.24) is 0 Å².